The highest BCUT2D eigenvalue weighted by atomic mass is 16.5. The van der Waals surface area contributed by atoms with Crippen LogP contribution < -0.4 is 0 Å². The molecule has 1 saturated carbocycles. The van der Waals surface area contributed by atoms with E-state index in [0.29, 0.717) is 36.0 Å². The van der Waals surface area contributed by atoms with E-state index >= 15 is 0 Å². The molecule has 3 nitrogen and oxygen atoms in total. The second kappa shape index (κ2) is 11.5. The van der Waals surface area contributed by atoms with Crippen molar-refractivity contribution in [3.8, 4) is 0 Å². The molecule has 6 atom stereocenters. The van der Waals surface area contributed by atoms with Gasteiger partial charge in [-0.2, -0.15) is 0 Å². The Balaban J connectivity index is 1.81. The molecule has 152 valence electrons. The summed E-state index contributed by atoms with van der Waals surface area (Å²) in [4.78, 5) is 11.1. The first-order valence-electron chi connectivity index (χ1n) is 10.8. The number of carbonyl (C=O) groups is 1. The molecule has 1 N–H and O–H groups in total. The van der Waals surface area contributed by atoms with Crippen LogP contribution in [0.25, 0.3) is 0 Å². The van der Waals surface area contributed by atoms with Crippen molar-refractivity contribution in [2.75, 3.05) is 7.11 Å². The van der Waals surface area contributed by atoms with Gasteiger partial charge >= 0.3 is 5.97 Å². The summed E-state index contributed by atoms with van der Waals surface area (Å²) >= 11 is 0. The van der Waals surface area contributed by atoms with Crippen molar-refractivity contribution < 1.29 is 14.6 Å². The fourth-order valence-electron chi connectivity index (χ4n) is 4.55. The summed E-state index contributed by atoms with van der Waals surface area (Å²) in [5.41, 5.74) is 0. The topological polar surface area (TPSA) is 46.5 Å². The zero-order valence-corrected chi connectivity index (χ0v) is 17.3. The third kappa shape index (κ3) is 6.64. The number of hydrogen-bond donors (Lipinski definition) is 1. The van der Waals surface area contributed by atoms with Crippen LogP contribution in [-0.2, 0) is 9.53 Å². The maximum Gasteiger partial charge on any atom is 0.305 e. The molecule has 4 unspecified atom stereocenters. The number of carbonyl (C=O) groups excluding carboxylic acids is 1. The van der Waals surface area contributed by atoms with Crippen LogP contribution >= 0.6 is 0 Å². The third-order valence-electron chi connectivity index (χ3n) is 6.37. The molecule has 0 spiro atoms. The largest absolute Gasteiger partial charge is 0.469 e. The summed E-state index contributed by atoms with van der Waals surface area (Å²) in [7, 11) is 1.44. The number of esters is 1. The number of aliphatic hydroxyl groups is 1. The normalized spacial score (nSPS) is 29.0. The number of ether oxygens (including phenoxy) is 1. The van der Waals surface area contributed by atoms with Gasteiger partial charge in [-0.05, 0) is 61.7 Å². The fraction of sp³-hybridized carbons (Fsp3) is 0.708. The standard InChI is InChI=1S/C24H38O3/c1-4-5-10-18(2)23(25)16-15-22-20-14-13-19(17-20)21(22)11-8-6-7-9-12-24(26)27-3/h6,8,13-16,18-23,25H,4-5,7,9-12,17H2,1-3H3/b8-6-,16-15?/t18?,19-,20-,21?,22?,23?/m0/s1. The minimum Gasteiger partial charge on any atom is -0.469 e. The van der Waals surface area contributed by atoms with E-state index in [2.05, 4.69) is 55.0 Å². The van der Waals surface area contributed by atoms with Crippen LogP contribution in [0.1, 0.15) is 65.2 Å². The van der Waals surface area contributed by atoms with Crippen LogP contribution in [0, 0.1) is 29.6 Å². The van der Waals surface area contributed by atoms with Crippen molar-refractivity contribution in [3.63, 3.8) is 0 Å². The average Bonchev–Trinajstić information content (AvgIpc) is 3.28. The second-order valence-electron chi connectivity index (χ2n) is 8.36. The maximum atomic E-state index is 11.1. The molecule has 1 fully saturated rings. The molecule has 2 bridgehead atoms. The Morgan fingerprint density at radius 2 is 2.04 bits per heavy atom. The van der Waals surface area contributed by atoms with Gasteiger partial charge in [-0.3, -0.25) is 4.79 Å². The van der Waals surface area contributed by atoms with Gasteiger partial charge in [0.25, 0.3) is 0 Å². The number of allylic oxidation sites excluding steroid dienone is 5. The molecule has 0 heterocycles. The van der Waals surface area contributed by atoms with Crippen molar-refractivity contribution >= 4 is 5.97 Å². The van der Waals surface area contributed by atoms with Gasteiger partial charge in [0, 0.05) is 6.42 Å². The molecule has 2 aliphatic rings. The third-order valence-corrected chi connectivity index (χ3v) is 6.37. The monoisotopic (exact) mass is 374 g/mol. The highest BCUT2D eigenvalue weighted by molar-refractivity contribution is 5.69. The van der Waals surface area contributed by atoms with Crippen molar-refractivity contribution in [3.05, 3.63) is 36.5 Å². The fourth-order valence-corrected chi connectivity index (χ4v) is 4.55. The zero-order chi connectivity index (χ0) is 19.6. The molecule has 0 aliphatic heterocycles. The molecule has 2 rings (SSSR count). The number of fused-ring (bicyclic) bond motifs is 2. The van der Waals surface area contributed by atoms with E-state index in [0.717, 1.165) is 25.7 Å². The van der Waals surface area contributed by atoms with Crippen molar-refractivity contribution in [1.82, 2.24) is 0 Å². The summed E-state index contributed by atoms with van der Waals surface area (Å²) in [5, 5.41) is 10.4. The van der Waals surface area contributed by atoms with Gasteiger partial charge in [-0.15, -0.1) is 0 Å². The molecule has 27 heavy (non-hydrogen) atoms. The molecule has 0 aromatic heterocycles. The lowest BCUT2D eigenvalue weighted by atomic mass is 9.80. The molecule has 0 aromatic rings. The van der Waals surface area contributed by atoms with E-state index in [1.165, 1.54) is 26.4 Å². The van der Waals surface area contributed by atoms with E-state index in [1.54, 1.807) is 0 Å². The highest BCUT2D eigenvalue weighted by Gasteiger charge is 2.42. The van der Waals surface area contributed by atoms with Gasteiger partial charge in [0.05, 0.1) is 13.2 Å². The van der Waals surface area contributed by atoms with Crippen molar-refractivity contribution in [2.45, 2.75) is 71.3 Å². The van der Waals surface area contributed by atoms with Gasteiger partial charge in [-0.25, -0.2) is 0 Å². The summed E-state index contributed by atoms with van der Waals surface area (Å²) in [6.45, 7) is 4.35. The SMILES string of the molecule is CCCCC(C)C(O)C=CC1C(C/C=C\CCCC(=O)OC)[C@H]2C=C[C@H]1C2. The minimum absolute atomic E-state index is 0.126. The van der Waals surface area contributed by atoms with E-state index in [-0.39, 0.29) is 12.1 Å². The Labute approximate surface area is 165 Å². The molecular weight excluding hydrogens is 336 g/mol. The van der Waals surface area contributed by atoms with Gasteiger partial charge < -0.3 is 9.84 Å². The van der Waals surface area contributed by atoms with E-state index in [4.69, 9.17) is 0 Å². The molecule has 0 saturated heterocycles. The van der Waals surface area contributed by atoms with Crippen LogP contribution in [-0.4, -0.2) is 24.3 Å². The first kappa shape index (κ1) is 21.9. The van der Waals surface area contributed by atoms with Crippen molar-refractivity contribution in [2.24, 2.45) is 29.6 Å². The van der Waals surface area contributed by atoms with Crippen LogP contribution in [0.5, 0.6) is 0 Å². The number of methoxy groups -OCH3 is 1. The minimum atomic E-state index is -0.325. The van der Waals surface area contributed by atoms with Crippen LogP contribution in [0.2, 0.25) is 0 Å². The lowest BCUT2D eigenvalue weighted by molar-refractivity contribution is -0.140. The lowest BCUT2D eigenvalue weighted by Gasteiger charge is -2.25. The Morgan fingerprint density at radius 3 is 2.78 bits per heavy atom. The highest BCUT2D eigenvalue weighted by Crippen LogP contribution is 2.50. The first-order chi connectivity index (χ1) is 13.1. The van der Waals surface area contributed by atoms with Crippen LogP contribution in [0.4, 0.5) is 0 Å². The number of hydrogen-bond acceptors (Lipinski definition) is 3. The summed E-state index contributed by atoms with van der Waals surface area (Å²) in [6, 6.07) is 0. The van der Waals surface area contributed by atoms with Gasteiger partial charge in [0.15, 0.2) is 0 Å². The Bertz CT molecular complexity index is 534. The lowest BCUT2D eigenvalue weighted by Crippen LogP contribution is -2.19. The summed E-state index contributed by atoms with van der Waals surface area (Å²) in [5.74, 6) is 2.72. The van der Waals surface area contributed by atoms with Crippen LogP contribution in [0.15, 0.2) is 36.5 Å². The second-order valence-corrected chi connectivity index (χ2v) is 8.36. The van der Waals surface area contributed by atoms with Gasteiger partial charge in [-0.1, -0.05) is 63.1 Å². The number of aliphatic hydroxyl groups excluding tert-OH is 1. The van der Waals surface area contributed by atoms with E-state index < -0.39 is 0 Å². The Morgan fingerprint density at radius 1 is 1.26 bits per heavy atom. The van der Waals surface area contributed by atoms with Gasteiger partial charge in [0.1, 0.15) is 0 Å². The molecule has 2 aliphatic carbocycles. The quantitative estimate of drug-likeness (QED) is 0.280. The molecule has 0 radical (unpaired) electrons. The number of rotatable bonds is 12. The first-order valence-corrected chi connectivity index (χ1v) is 10.8. The maximum absolute atomic E-state index is 11.1. The van der Waals surface area contributed by atoms with Crippen LogP contribution in [0.3, 0.4) is 0 Å². The predicted molar refractivity (Wildman–Crippen MR) is 111 cm³/mol. The predicted octanol–water partition coefficient (Wildman–Crippen LogP) is 5.46. The Hall–Kier alpha value is -1.35. The van der Waals surface area contributed by atoms with E-state index in [9.17, 15) is 9.90 Å². The summed E-state index contributed by atoms with van der Waals surface area (Å²) < 4.78 is 4.67. The molecule has 3 heteroatoms. The molecular formula is C24H38O3. The number of unbranched alkanes of at least 4 members (excludes halogenated alkanes) is 2. The van der Waals surface area contributed by atoms with Gasteiger partial charge in [0.2, 0.25) is 0 Å². The smallest absolute Gasteiger partial charge is 0.305 e. The van der Waals surface area contributed by atoms with E-state index in [1.807, 2.05) is 0 Å². The Kier molecular flexibility index (Phi) is 9.33. The molecule has 0 amide bonds. The summed E-state index contributed by atoms with van der Waals surface area (Å²) in [6.07, 6.45) is 21.4. The molecule has 0 aromatic carbocycles. The van der Waals surface area contributed by atoms with Crippen molar-refractivity contribution in [1.29, 1.82) is 0 Å². The zero-order valence-electron chi connectivity index (χ0n) is 17.3. The average molecular weight is 375 g/mol.